The molecule has 210 valence electrons. The van der Waals surface area contributed by atoms with E-state index in [1.807, 2.05) is 12.1 Å². The molecule has 0 heterocycles. The standard InChI is InChI=1S/C32H42N2O4S/c1-32(2,3)27-10-8-23(9-11-27)28(19-20-4-6-24(7-5-20)30(35)33-12-13-39(37)38)31(36)34-29-25-15-21-14-22(17-25)18-26(29)16-21/h4-11,21-22,25-26,28-29H,12-19H2,1-3H3,(H,33,35)(H,34,36)(H,37,38). The normalized spacial score (nSPS) is 27.1. The topological polar surface area (TPSA) is 95.5 Å². The van der Waals surface area contributed by atoms with Crippen LogP contribution in [0.2, 0.25) is 0 Å². The first-order valence-corrected chi connectivity index (χ1v) is 15.7. The van der Waals surface area contributed by atoms with Crippen LogP contribution in [-0.4, -0.2) is 38.9 Å². The van der Waals surface area contributed by atoms with E-state index in [-0.39, 0.29) is 35.4 Å². The first-order chi connectivity index (χ1) is 18.6. The molecule has 4 bridgehead atoms. The molecule has 0 spiro atoms. The van der Waals surface area contributed by atoms with Gasteiger partial charge in [-0.3, -0.25) is 9.59 Å². The Kier molecular flexibility index (Phi) is 8.29. The summed E-state index contributed by atoms with van der Waals surface area (Å²) in [7, 11) is 0. The molecule has 4 fully saturated rings. The molecule has 0 saturated heterocycles. The van der Waals surface area contributed by atoms with E-state index in [4.69, 9.17) is 4.55 Å². The summed E-state index contributed by atoms with van der Waals surface area (Å²) < 4.78 is 19.7. The Morgan fingerprint density at radius 3 is 2.05 bits per heavy atom. The smallest absolute Gasteiger partial charge is 0.251 e. The lowest BCUT2D eigenvalue weighted by Gasteiger charge is -2.54. The molecule has 6 rings (SSSR count). The van der Waals surface area contributed by atoms with E-state index < -0.39 is 11.1 Å². The minimum atomic E-state index is -1.94. The zero-order chi connectivity index (χ0) is 27.7. The van der Waals surface area contributed by atoms with E-state index in [9.17, 15) is 13.8 Å². The summed E-state index contributed by atoms with van der Waals surface area (Å²) in [6.45, 7) is 6.72. The average molecular weight is 551 g/mol. The summed E-state index contributed by atoms with van der Waals surface area (Å²) in [5.41, 5.74) is 3.79. The van der Waals surface area contributed by atoms with Crippen LogP contribution in [0.3, 0.4) is 0 Å². The molecule has 0 aromatic heterocycles. The predicted molar refractivity (Wildman–Crippen MR) is 155 cm³/mol. The highest BCUT2D eigenvalue weighted by molar-refractivity contribution is 7.79. The van der Waals surface area contributed by atoms with E-state index in [0.29, 0.717) is 29.9 Å². The van der Waals surface area contributed by atoms with Crippen molar-refractivity contribution in [3.63, 3.8) is 0 Å². The molecule has 4 saturated carbocycles. The van der Waals surface area contributed by atoms with Crippen molar-refractivity contribution in [1.29, 1.82) is 0 Å². The van der Waals surface area contributed by atoms with Crippen molar-refractivity contribution in [3.05, 3.63) is 70.8 Å². The van der Waals surface area contributed by atoms with Gasteiger partial charge in [-0.2, -0.15) is 0 Å². The molecular formula is C32H42N2O4S. The van der Waals surface area contributed by atoms with Crippen molar-refractivity contribution >= 4 is 22.9 Å². The Morgan fingerprint density at radius 1 is 0.923 bits per heavy atom. The molecule has 4 aliphatic carbocycles. The van der Waals surface area contributed by atoms with Crippen LogP contribution in [0.4, 0.5) is 0 Å². The summed E-state index contributed by atoms with van der Waals surface area (Å²) in [4.78, 5) is 26.3. The first kappa shape index (κ1) is 28.0. The molecule has 0 radical (unpaired) electrons. The van der Waals surface area contributed by atoms with Crippen molar-refractivity contribution in [2.75, 3.05) is 12.3 Å². The molecule has 7 heteroatoms. The third kappa shape index (κ3) is 6.63. The van der Waals surface area contributed by atoms with Gasteiger partial charge in [0.1, 0.15) is 0 Å². The van der Waals surface area contributed by atoms with Crippen molar-refractivity contribution in [2.24, 2.45) is 23.7 Å². The van der Waals surface area contributed by atoms with Crippen LogP contribution < -0.4 is 10.6 Å². The lowest BCUT2D eigenvalue weighted by molar-refractivity contribution is -0.126. The number of carbonyl (C=O) groups excluding carboxylic acids is 2. The van der Waals surface area contributed by atoms with Gasteiger partial charge in [0.2, 0.25) is 5.91 Å². The lowest BCUT2D eigenvalue weighted by Crippen LogP contribution is -2.56. The van der Waals surface area contributed by atoms with E-state index in [0.717, 1.165) is 23.0 Å². The zero-order valence-electron chi connectivity index (χ0n) is 23.3. The number of benzene rings is 2. The Bertz CT molecular complexity index is 1170. The second-order valence-electron chi connectivity index (χ2n) is 13.1. The summed E-state index contributed by atoms with van der Waals surface area (Å²) in [5.74, 6) is 2.49. The number of carbonyl (C=O) groups is 2. The monoisotopic (exact) mass is 550 g/mol. The average Bonchev–Trinajstić information content (AvgIpc) is 2.88. The Morgan fingerprint density at radius 2 is 1.51 bits per heavy atom. The van der Waals surface area contributed by atoms with Gasteiger partial charge < -0.3 is 15.2 Å². The van der Waals surface area contributed by atoms with Crippen LogP contribution >= 0.6 is 0 Å². The van der Waals surface area contributed by atoms with Crippen LogP contribution in [0.25, 0.3) is 0 Å². The zero-order valence-corrected chi connectivity index (χ0v) is 24.1. The van der Waals surface area contributed by atoms with E-state index in [2.05, 4.69) is 55.7 Å². The number of nitrogens with one attached hydrogen (secondary N) is 2. The highest BCUT2D eigenvalue weighted by atomic mass is 32.2. The third-order valence-corrected chi connectivity index (χ3v) is 9.80. The second-order valence-corrected chi connectivity index (χ2v) is 14.1. The highest BCUT2D eigenvalue weighted by Crippen LogP contribution is 2.53. The van der Waals surface area contributed by atoms with E-state index in [1.54, 1.807) is 12.1 Å². The summed E-state index contributed by atoms with van der Waals surface area (Å²) in [5, 5.41) is 6.21. The minimum absolute atomic E-state index is 0.00135. The molecule has 4 aliphatic rings. The van der Waals surface area contributed by atoms with E-state index in [1.165, 1.54) is 37.7 Å². The fraction of sp³-hybridized carbons (Fsp3) is 0.562. The maximum Gasteiger partial charge on any atom is 0.251 e. The van der Waals surface area contributed by atoms with Crippen molar-refractivity contribution in [3.8, 4) is 0 Å². The van der Waals surface area contributed by atoms with Gasteiger partial charge in [0.05, 0.1) is 11.7 Å². The van der Waals surface area contributed by atoms with Crippen molar-refractivity contribution in [2.45, 2.75) is 76.7 Å². The SMILES string of the molecule is CC(C)(C)c1ccc(C(Cc2ccc(C(=O)NCCS(=O)O)cc2)C(=O)NC2C3CC4CC(C3)CC2C4)cc1. The van der Waals surface area contributed by atoms with Crippen molar-refractivity contribution < 1.29 is 18.4 Å². The van der Waals surface area contributed by atoms with Crippen LogP contribution in [0.15, 0.2) is 48.5 Å². The van der Waals surface area contributed by atoms with Gasteiger partial charge in [-0.15, -0.1) is 0 Å². The molecule has 2 unspecified atom stereocenters. The first-order valence-electron chi connectivity index (χ1n) is 14.4. The summed E-state index contributed by atoms with van der Waals surface area (Å²) >= 11 is -1.94. The molecule has 2 aromatic rings. The molecule has 3 N–H and O–H groups in total. The van der Waals surface area contributed by atoms with Gasteiger partial charge >= 0.3 is 0 Å². The van der Waals surface area contributed by atoms with Gasteiger partial charge in [-0.1, -0.05) is 57.2 Å². The molecule has 2 atom stereocenters. The molecule has 2 aromatic carbocycles. The highest BCUT2D eigenvalue weighted by Gasteiger charge is 2.49. The van der Waals surface area contributed by atoms with Crippen LogP contribution in [-0.2, 0) is 27.7 Å². The van der Waals surface area contributed by atoms with Gasteiger partial charge in [-0.05, 0) is 96.4 Å². The fourth-order valence-electron chi connectivity index (χ4n) is 7.38. The predicted octanol–water partition coefficient (Wildman–Crippen LogP) is 5.20. The quantitative estimate of drug-likeness (QED) is 0.374. The Balaban J connectivity index is 1.32. The number of hydrogen-bond donors (Lipinski definition) is 3. The largest absolute Gasteiger partial charge is 0.352 e. The number of hydrogen-bond acceptors (Lipinski definition) is 3. The Labute approximate surface area is 235 Å². The molecule has 0 aliphatic heterocycles. The van der Waals surface area contributed by atoms with Gasteiger partial charge in [0.15, 0.2) is 11.1 Å². The Hall–Kier alpha value is -2.51. The fourth-order valence-corrected chi connectivity index (χ4v) is 7.66. The maximum atomic E-state index is 13.9. The second kappa shape index (κ2) is 11.5. The van der Waals surface area contributed by atoms with Gasteiger partial charge in [0.25, 0.3) is 5.91 Å². The van der Waals surface area contributed by atoms with Crippen LogP contribution in [0.1, 0.15) is 85.8 Å². The lowest BCUT2D eigenvalue weighted by atomic mass is 9.54. The van der Waals surface area contributed by atoms with Crippen LogP contribution in [0.5, 0.6) is 0 Å². The minimum Gasteiger partial charge on any atom is -0.352 e. The van der Waals surface area contributed by atoms with Gasteiger partial charge in [0, 0.05) is 18.2 Å². The molecule has 2 amide bonds. The molecule has 39 heavy (non-hydrogen) atoms. The summed E-state index contributed by atoms with van der Waals surface area (Å²) in [6, 6.07) is 16.1. The number of amides is 2. The molecule has 6 nitrogen and oxygen atoms in total. The maximum absolute atomic E-state index is 13.9. The van der Waals surface area contributed by atoms with Crippen LogP contribution in [0, 0.1) is 23.7 Å². The van der Waals surface area contributed by atoms with E-state index >= 15 is 0 Å². The van der Waals surface area contributed by atoms with Gasteiger partial charge in [-0.25, -0.2) is 4.21 Å². The third-order valence-electron chi connectivity index (χ3n) is 9.25. The van der Waals surface area contributed by atoms with Crippen molar-refractivity contribution in [1.82, 2.24) is 10.6 Å². The summed E-state index contributed by atoms with van der Waals surface area (Å²) in [6.07, 6.45) is 7.01. The molecular weight excluding hydrogens is 508 g/mol. The number of rotatable bonds is 9.